The smallest absolute Gasteiger partial charge is 0.362 e. The van der Waals surface area contributed by atoms with Crippen LogP contribution in [0.15, 0.2) is 48.6 Å². The van der Waals surface area contributed by atoms with E-state index < -0.39 is 18.1 Å². The van der Waals surface area contributed by atoms with Gasteiger partial charge in [-0.3, -0.25) is 9.59 Å². The predicted octanol–water partition coefficient (Wildman–Crippen LogP) is 11.2. The maximum atomic E-state index is 12.7. The van der Waals surface area contributed by atoms with Crippen LogP contribution in [0.3, 0.4) is 0 Å². The number of esters is 2. The SMILES string of the molecule is CC/C=C/C/C=C/C/C=C/C/C=C/CCCCCCCCCCCC(=O)OC(COCCC(C(=O)O)[N+](C)(C)C)COC(=O)CCCCCCCCC. The van der Waals surface area contributed by atoms with Gasteiger partial charge in [0, 0.05) is 19.3 Å². The first-order chi connectivity index (χ1) is 25.6. The zero-order chi connectivity index (χ0) is 39.3. The molecule has 53 heavy (non-hydrogen) atoms. The second kappa shape index (κ2) is 36.3. The number of hydrogen-bond donors (Lipinski definition) is 1. The van der Waals surface area contributed by atoms with Gasteiger partial charge in [0.25, 0.3) is 0 Å². The van der Waals surface area contributed by atoms with Gasteiger partial charge in [-0.15, -0.1) is 0 Å². The molecule has 0 aliphatic carbocycles. The van der Waals surface area contributed by atoms with Crippen LogP contribution in [-0.2, 0) is 28.6 Å². The summed E-state index contributed by atoms with van der Waals surface area (Å²) >= 11 is 0. The third-order valence-electron chi connectivity index (χ3n) is 9.24. The van der Waals surface area contributed by atoms with Gasteiger partial charge in [-0.05, 0) is 51.4 Å². The summed E-state index contributed by atoms with van der Waals surface area (Å²) in [4.78, 5) is 36.7. The van der Waals surface area contributed by atoms with Gasteiger partial charge in [-0.1, -0.05) is 146 Å². The Morgan fingerprint density at radius 1 is 0.585 bits per heavy atom. The molecule has 0 saturated carbocycles. The van der Waals surface area contributed by atoms with Crippen molar-refractivity contribution < 1.29 is 38.2 Å². The quantitative estimate of drug-likeness (QED) is 0.0292. The highest BCUT2D eigenvalue weighted by Gasteiger charge is 2.31. The number of ether oxygens (including phenoxy) is 3. The average Bonchev–Trinajstić information content (AvgIpc) is 3.11. The van der Waals surface area contributed by atoms with E-state index in [4.69, 9.17) is 14.2 Å². The summed E-state index contributed by atoms with van der Waals surface area (Å²) in [5.41, 5.74) is 0. The van der Waals surface area contributed by atoms with Crippen molar-refractivity contribution in [3.05, 3.63) is 48.6 Å². The Labute approximate surface area is 325 Å². The van der Waals surface area contributed by atoms with Gasteiger partial charge in [0.05, 0.1) is 34.4 Å². The van der Waals surface area contributed by atoms with Gasteiger partial charge in [0.2, 0.25) is 0 Å². The largest absolute Gasteiger partial charge is 0.477 e. The molecule has 0 aliphatic heterocycles. The molecule has 0 aromatic rings. The zero-order valence-electron chi connectivity index (χ0n) is 34.7. The van der Waals surface area contributed by atoms with Crippen molar-refractivity contribution in [2.75, 3.05) is 41.0 Å². The number of carboxylic acid groups (broad SMARTS) is 1. The summed E-state index contributed by atoms with van der Waals surface area (Å²) in [5, 5.41) is 9.58. The molecule has 0 aromatic heterocycles. The van der Waals surface area contributed by atoms with Crippen molar-refractivity contribution >= 4 is 17.9 Å². The topological polar surface area (TPSA) is 99.1 Å². The Morgan fingerprint density at radius 3 is 1.57 bits per heavy atom. The summed E-state index contributed by atoms with van der Waals surface area (Å²) in [7, 11) is 5.51. The van der Waals surface area contributed by atoms with Crippen molar-refractivity contribution in [2.45, 2.75) is 180 Å². The monoisotopic (exact) mass is 747 g/mol. The van der Waals surface area contributed by atoms with E-state index in [0.29, 0.717) is 19.3 Å². The Balaban J connectivity index is 4.22. The fourth-order valence-corrected chi connectivity index (χ4v) is 5.96. The number of nitrogens with zero attached hydrogens (tertiary/aromatic N) is 1. The minimum absolute atomic E-state index is 0.0534. The van der Waals surface area contributed by atoms with E-state index >= 15 is 0 Å². The van der Waals surface area contributed by atoms with Crippen LogP contribution in [0.5, 0.6) is 0 Å². The Hall–Kier alpha value is -2.71. The van der Waals surface area contributed by atoms with Crippen LogP contribution >= 0.6 is 0 Å². The van der Waals surface area contributed by atoms with Gasteiger partial charge < -0.3 is 23.8 Å². The lowest BCUT2D eigenvalue weighted by Crippen LogP contribution is -2.50. The molecule has 1 N–H and O–H groups in total. The van der Waals surface area contributed by atoms with Crippen molar-refractivity contribution in [2.24, 2.45) is 0 Å². The second-order valence-corrected chi connectivity index (χ2v) is 15.2. The third-order valence-corrected chi connectivity index (χ3v) is 9.24. The maximum Gasteiger partial charge on any atom is 0.362 e. The maximum absolute atomic E-state index is 12.7. The number of allylic oxidation sites excluding steroid dienone is 8. The lowest BCUT2D eigenvalue weighted by atomic mass is 10.1. The summed E-state index contributed by atoms with van der Waals surface area (Å²) in [6.45, 7) is 4.57. The van der Waals surface area contributed by atoms with E-state index in [1.54, 1.807) is 0 Å². The van der Waals surface area contributed by atoms with E-state index in [1.165, 1.54) is 64.2 Å². The summed E-state index contributed by atoms with van der Waals surface area (Å²) in [6, 6.07) is -0.614. The van der Waals surface area contributed by atoms with Crippen LogP contribution < -0.4 is 0 Å². The highest BCUT2D eigenvalue weighted by atomic mass is 16.6. The van der Waals surface area contributed by atoms with Gasteiger partial charge >= 0.3 is 17.9 Å². The molecule has 0 saturated heterocycles. The van der Waals surface area contributed by atoms with E-state index in [0.717, 1.165) is 70.6 Å². The van der Waals surface area contributed by atoms with Gasteiger partial charge in [-0.2, -0.15) is 0 Å². The van der Waals surface area contributed by atoms with Crippen molar-refractivity contribution in [1.29, 1.82) is 0 Å². The minimum atomic E-state index is -0.878. The fraction of sp³-hybridized carbons (Fsp3) is 0.756. The van der Waals surface area contributed by atoms with E-state index in [1.807, 2.05) is 21.1 Å². The molecule has 0 bridgehead atoms. The molecule has 0 heterocycles. The predicted molar refractivity (Wildman–Crippen MR) is 220 cm³/mol. The molecule has 0 aliphatic rings. The molecule has 8 heteroatoms. The summed E-state index contributed by atoms with van der Waals surface area (Å²) in [5.74, 6) is -1.48. The van der Waals surface area contributed by atoms with Crippen LogP contribution in [0.1, 0.15) is 168 Å². The number of quaternary nitrogens is 1. The van der Waals surface area contributed by atoms with Gasteiger partial charge in [0.1, 0.15) is 6.61 Å². The standard InChI is InChI=1S/C45H79NO7/c1-6-8-10-12-14-15-16-17-18-19-20-21-22-23-24-25-26-27-28-30-32-34-36-44(48)53-41(39-51-38-37-42(45(49)50)46(3,4)5)40-52-43(47)35-33-31-29-13-11-9-7-2/h8,10,14-15,17-18,20-21,41-42H,6-7,9,11-13,16,19,22-40H2,1-5H3/p+1/b10-8+,15-14+,18-17+,21-20+. The Bertz CT molecular complexity index is 1010. The number of unbranched alkanes of at least 4 members (excludes halogenated alkanes) is 15. The lowest BCUT2D eigenvalue weighted by molar-refractivity contribution is -0.887. The van der Waals surface area contributed by atoms with Gasteiger partial charge in [0.15, 0.2) is 12.1 Å². The third kappa shape index (κ3) is 34.8. The second-order valence-electron chi connectivity index (χ2n) is 15.2. The number of aliphatic carboxylic acids is 1. The molecule has 0 rings (SSSR count). The highest BCUT2D eigenvalue weighted by molar-refractivity contribution is 5.72. The summed E-state index contributed by atoms with van der Waals surface area (Å²) in [6.07, 6.45) is 41.7. The first-order valence-electron chi connectivity index (χ1n) is 21.2. The average molecular weight is 747 g/mol. The minimum Gasteiger partial charge on any atom is -0.477 e. The molecule has 8 nitrogen and oxygen atoms in total. The van der Waals surface area contributed by atoms with Crippen molar-refractivity contribution in [3.63, 3.8) is 0 Å². The van der Waals surface area contributed by atoms with Crippen LogP contribution in [0, 0.1) is 0 Å². The number of carbonyl (C=O) groups is 3. The number of carbonyl (C=O) groups excluding carboxylic acids is 2. The highest BCUT2D eigenvalue weighted by Crippen LogP contribution is 2.14. The molecule has 2 unspecified atom stereocenters. The number of likely N-dealkylation sites (N-methyl/N-ethyl adjacent to an activating group) is 1. The van der Waals surface area contributed by atoms with Crippen molar-refractivity contribution in [1.82, 2.24) is 0 Å². The molecule has 0 fully saturated rings. The lowest BCUT2D eigenvalue weighted by Gasteiger charge is -2.31. The Kier molecular flexibility index (Phi) is 34.4. The summed E-state index contributed by atoms with van der Waals surface area (Å²) < 4.78 is 17.2. The van der Waals surface area contributed by atoms with Crippen LogP contribution in [0.25, 0.3) is 0 Å². The van der Waals surface area contributed by atoms with E-state index in [2.05, 4.69) is 62.5 Å². The molecule has 2 atom stereocenters. The van der Waals surface area contributed by atoms with Gasteiger partial charge in [-0.25, -0.2) is 4.79 Å². The fourth-order valence-electron chi connectivity index (χ4n) is 5.96. The molecule has 0 spiro atoms. The van der Waals surface area contributed by atoms with Crippen LogP contribution in [-0.4, -0.2) is 80.6 Å². The van der Waals surface area contributed by atoms with Crippen LogP contribution in [0.2, 0.25) is 0 Å². The number of rotatable bonds is 37. The Morgan fingerprint density at radius 2 is 1.06 bits per heavy atom. The molecule has 0 amide bonds. The molecular formula is C45H80NO7+. The normalized spacial score (nSPS) is 13.5. The molecular weight excluding hydrogens is 666 g/mol. The molecule has 0 aromatic carbocycles. The van der Waals surface area contributed by atoms with Crippen molar-refractivity contribution in [3.8, 4) is 0 Å². The van der Waals surface area contributed by atoms with E-state index in [-0.39, 0.29) is 36.2 Å². The number of hydrogen-bond acceptors (Lipinski definition) is 6. The number of carboxylic acids is 1. The molecule has 306 valence electrons. The van der Waals surface area contributed by atoms with Crippen LogP contribution in [0.4, 0.5) is 0 Å². The first-order valence-corrected chi connectivity index (χ1v) is 21.2. The first kappa shape index (κ1) is 50.3. The molecule has 0 radical (unpaired) electrons. The van der Waals surface area contributed by atoms with E-state index in [9.17, 15) is 19.5 Å². The zero-order valence-corrected chi connectivity index (χ0v) is 34.7.